The zero-order valence-corrected chi connectivity index (χ0v) is 32.1. The quantitative estimate of drug-likeness (QED) is 0.182. The first-order chi connectivity index (χ1) is 24.5. The summed E-state index contributed by atoms with van der Waals surface area (Å²) in [6.07, 6.45) is 0. The van der Waals surface area contributed by atoms with Crippen LogP contribution in [-0.4, -0.2) is 57.3 Å². The molecule has 6 bridgehead atoms. The van der Waals surface area contributed by atoms with E-state index in [2.05, 4.69) is 96.3 Å². The number of nitrogens with zero attached hydrogens (tertiary/aromatic N) is 8. The SMILES string of the molecule is C[Si](C)(C)O[Si]1(O[Si](C)(C)C)n2c3c4ccccc4c2N=C2N=C(N=c4c5ccccc5c(n41)=NC1=NC(=N3)c3ccccc31)c1ccccc12. The van der Waals surface area contributed by atoms with Crippen molar-refractivity contribution in [2.75, 3.05) is 0 Å². The van der Waals surface area contributed by atoms with Crippen LogP contribution in [0.1, 0.15) is 22.3 Å². The normalized spacial score (nSPS) is 16.7. The maximum absolute atomic E-state index is 7.75. The Morgan fingerprint density at radius 2 is 0.745 bits per heavy atom. The Bertz CT molecular complexity index is 2620. The molecule has 2 aromatic heterocycles. The molecule has 0 N–H and O–H groups in total. The first kappa shape index (κ1) is 30.6. The molecule has 10 rings (SSSR count). The zero-order valence-electron chi connectivity index (χ0n) is 29.1. The van der Waals surface area contributed by atoms with Crippen molar-refractivity contribution in [2.24, 2.45) is 30.0 Å². The molecule has 0 fully saturated rings. The maximum Gasteiger partial charge on any atom is 0.582 e. The van der Waals surface area contributed by atoms with Crippen molar-refractivity contribution in [3.05, 3.63) is 130 Å². The van der Waals surface area contributed by atoms with Crippen LogP contribution in [0.2, 0.25) is 39.3 Å². The molecule has 0 saturated carbocycles. The van der Waals surface area contributed by atoms with Crippen LogP contribution >= 0.6 is 0 Å². The first-order valence-corrected chi connectivity index (χ1v) is 25.7. The smallest absolute Gasteiger partial charge is 0.404 e. The predicted octanol–water partition coefficient (Wildman–Crippen LogP) is 7.07. The first-order valence-electron chi connectivity index (χ1n) is 17.2. The van der Waals surface area contributed by atoms with Crippen LogP contribution in [0.25, 0.3) is 21.5 Å². The van der Waals surface area contributed by atoms with Crippen molar-refractivity contribution in [1.29, 1.82) is 0 Å². The minimum Gasteiger partial charge on any atom is -0.404 e. The Balaban J connectivity index is 1.56. The average Bonchev–Trinajstić information content (AvgIpc) is 3.80. The van der Waals surface area contributed by atoms with Gasteiger partial charge in [-0.15, -0.1) is 0 Å². The second-order valence-electron chi connectivity index (χ2n) is 15.1. The van der Waals surface area contributed by atoms with E-state index in [1.54, 1.807) is 0 Å². The lowest BCUT2D eigenvalue weighted by Crippen LogP contribution is -2.69. The van der Waals surface area contributed by atoms with E-state index in [1.807, 2.05) is 48.5 Å². The number of benzene rings is 4. The standard InChI is InChI=1S/C38H34N8O2Si3/c1-49(2,3)47-51(48-50(4,5)6)45-35-27-19-11-12-20-28(27)37(45)43-33-25-17-9-10-18-26(25)34(40-33)44-38-30-22-14-13-21-29(30)36(46(38)51)42-32-24-16-8-7-15-23(24)31(39-32)41-35/h7-22H,1-6H3. The lowest BCUT2D eigenvalue weighted by atomic mass is 10.1. The van der Waals surface area contributed by atoms with Crippen molar-refractivity contribution < 1.29 is 8.23 Å². The minimum atomic E-state index is -4.04. The molecule has 51 heavy (non-hydrogen) atoms. The third-order valence-electron chi connectivity index (χ3n) is 9.20. The average molecular weight is 719 g/mol. The Kier molecular flexibility index (Phi) is 6.26. The summed E-state index contributed by atoms with van der Waals surface area (Å²) in [5.74, 6) is 3.70. The van der Waals surface area contributed by atoms with Crippen LogP contribution in [0.4, 0.5) is 11.6 Å². The monoisotopic (exact) mass is 718 g/mol. The van der Waals surface area contributed by atoms with E-state index in [4.69, 9.17) is 38.2 Å². The Labute approximate surface area is 297 Å². The summed E-state index contributed by atoms with van der Waals surface area (Å²) < 4.78 is 19.9. The highest BCUT2D eigenvalue weighted by molar-refractivity contribution is 6.87. The molecule has 0 atom stereocenters. The van der Waals surface area contributed by atoms with E-state index in [1.165, 1.54) is 0 Å². The summed E-state index contributed by atoms with van der Waals surface area (Å²) in [5, 5.41) is 3.68. The summed E-state index contributed by atoms with van der Waals surface area (Å²) >= 11 is 0. The van der Waals surface area contributed by atoms with Crippen LogP contribution in [0, 0.1) is 0 Å². The number of rotatable bonds is 4. The highest BCUT2D eigenvalue weighted by Gasteiger charge is 2.56. The molecule has 13 heteroatoms. The lowest BCUT2D eigenvalue weighted by Gasteiger charge is -2.41. The zero-order chi connectivity index (χ0) is 34.9. The van der Waals surface area contributed by atoms with Gasteiger partial charge in [-0.2, -0.15) is 0 Å². The maximum atomic E-state index is 7.75. The Morgan fingerprint density at radius 3 is 1.12 bits per heavy atom. The van der Waals surface area contributed by atoms with Gasteiger partial charge in [0, 0.05) is 43.8 Å². The van der Waals surface area contributed by atoms with Crippen molar-refractivity contribution in [3.8, 4) is 0 Å². The van der Waals surface area contributed by atoms with Gasteiger partial charge in [0.25, 0.3) is 0 Å². The van der Waals surface area contributed by atoms with Crippen LogP contribution in [0.5, 0.6) is 0 Å². The molecule has 0 saturated heterocycles. The van der Waals surface area contributed by atoms with Gasteiger partial charge in [-0.3, -0.25) is 8.47 Å². The molecule has 10 nitrogen and oxygen atoms in total. The topological polar surface area (TPSA) is 102 Å². The molecule has 4 aromatic carbocycles. The van der Waals surface area contributed by atoms with E-state index in [0.717, 1.165) is 43.8 Å². The van der Waals surface area contributed by atoms with Crippen LogP contribution in [0.15, 0.2) is 127 Å². The van der Waals surface area contributed by atoms with E-state index in [9.17, 15) is 0 Å². The second kappa shape index (κ2) is 10.4. The summed E-state index contributed by atoms with van der Waals surface area (Å²) in [4.78, 5) is 32.2. The third kappa shape index (κ3) is 4.52. The van der Waals surface area contributed by atoms with Gasteiger partial charge in [0.2, 0.25) is 0 Å². The molecule has 250 valence electrons. The van der Waals surface area contributed by atoms with Gasteiger partial charge < -0.3 is 8.23 Å². The van der Waals surface area contributed by atoms with E-state index in [-0.39, 0.29) is 0 Å². The molecule has 0 aliphatic carbocycles. The van der Waals surface area contributed by atoms with E-state index < -0.39 is 25.5 Å². The number of hydrogen-bond acceptors (Lipinski definition) is 8. The summed E-state index contributed by atoms with van der Waals surface area (Å²) in [7, 11) is -8.98. The number of fused-ring (bicyclic) bond motifs is 14. The Morgan fingerprint density at radius 1 is 0.412 bits per heavy atom. The largest absolute Gasteiger partial charge is 0.582 e. The van der Waals surface area contributed by atoms with Crippen molar-refractivity contribution >= 4 is 82.0 Å². The molecule has 0 unspecified atom stereocenters. The molecular weight excluding hydrogens is 685 g/mol. The highest BCUT2D eigenvalue weighted by atomic mass is 28.5. The summed E-state index contributed by atoms with van der Waals surface area (Å²) in [6, 6.07) is 32.9. The second-order valence-corrected chi connectivity index (χ2v) is 27.2. The molecule has 6 heterocycles. The van der Waals surface area contributed by atoms with Gasteiger partial charge >= 0.3 is 8.88 Å². The van der Waals surface area contributed by atoms with E-state index in [0.29, 0.717) is 46.0 Å². The van der Waals surface area contributed by atoms with Crippen molar-refractivity contribution in [3.63, 3.8) is 0 Å². The van der Waals surface area contributed by atoms with Gasteiger partial charge in [-0.25, -0.2) is 30.0 Å². The van der Waals surface area contributed by atoms with Gasteiger partial charge in [0.05, 0.1) is 0 Å². The number of amidine groups is 4. The van der Waals surface area contributed by atoms with Gasteiger partial charge in [-0.1, -0.05) is 97.1 Å². The van der Waals surface area contributed by atoms with Crippen LogP contribution in [-0.2, 0) is 8.23 Å². The lowest BCUT2D eigenvalue weighted by molar-refractivity contribution is 0.340. The third-order valence-corrected chi connectivity index (χ3v) is 18.2. The number of aromatic nitrogens is 2. The molecule has 0 radical (unpaired) electrons. The fraction of sp³-hybridized carbons (Fsp3) is 0.158. The molecule has 0 spiro atoms. The summed E-state index contributed by atoms with van der Waals surface area (Å²) in [6.45, 7) is 13.3. The van der Waals surface area contributed by atoms with Gasteiger partial charge in [0.1, 0.15) is 22.6 Å². The predicted molar refractivity (Wildman–Crippen MR) is 210 cm³/mol. The fourth-order valence-corrected chi connectivity index (χ4v) is 17.8. The molecule has 4 aliphatic rings. The molecule has 4 aliphatic heterocycles. The number of aliphatic imine (C=N–C) groups is 4. The van der Waals surface area contributed by atoms with Crippen LogP contribution in [0.3, 0.4) is 0 Å². The molecule has 6 aromatic rings. The highest BCUT2D eigenvalue weighted by Crippen LogP contribution is 2.44. The summed E-state index contributed by atoms with van der Waals surface area (Å²) in [5.41, 5.74) is 5.03. The molecule has 0 amide bonds. The van der Waals surface area contributed by atoms with Crippen molar-refractivity contribution in [2.45, 2.75) is 39.3 Å². The minimum absolute atomic E-state index is 0.588. The van der Waals surface area contributed by atoms with Gasteiger partial charge in [-0.05, 0) is 39.3 Å². The van der Waals surface area contributed by atoms with Crippen molar-refractivity contribution in [1.82, 2.24) is 8.47 Å². The van der Waals surface area contributed by atoms with Crippen LogP contribution < -0.4 is 11.0 Å². The van der Waals surface area contributed by atoms with E-state index >= 15 is 0 Å². The molecular formula is C38H34N8O2Si3. The Hall–Kier alpha value is -5.19. The number of hydrogen-bond donors (Lipinski definition) is 0. The fourth-order valence-electron chi connectivity index (χ4n) is 7.44. The van der Waals surface area contributed by atoms with Gasteiger partial charge in [0.15, 0.2) is 40.0 Å².